The van der Waals surface area contributed by atoms with Crippen LogP contribution in [0, 0.1) is 11.8 Å². The Morgan fingerprint density at radius 3 is 2.68 bits per heavy atom. The van der Waals surface area contributed by atoms with Crippen molar-refractivity contribution in [2.45, 2.75) is 25.3 Å². The van der Waals surface area contributed by atoms with Crippen molar-refractivity contribution in [2.75, 3.05) is 6.54 Å². The Labute approximate surface area is 145 Å². The number of para-hydroxylation sites is 1. The van der Waals surface area contributed by atoms with Crippen molar-refractivity contribution >= 4 is 11.9 Å². The number of amides is 1. The second-order valence-electron chi connectivity index (χ2n) is 6.63. The predicted octanol–water partition coefficient (Wildman–Crippen LogP) is 3.40. The summed E-state index contributed by atoms with van der Waals surface area (Å²) in [5.74, 6) is -0.0655. The molecule has 1 aliphatic carbocycles. The van der Waals surface area contributed by atoms with E-state index >= 15 is 0 Å². The van der Waals surface area contributed by atoms with E-state index < -0.39 is 12.0 Å². The number of rotatable bonds is 4. The van der Waals surface area contributed by atoms with Crippen molar-refractivity contribution in [3.05, 3.63) is 48.2 Å². The number of hydrogen-bond donors (Lipinski definition) is 1. The van der Waals surface area contributed by atoms with Gasteiger partial charge in [0.1, 0.15) is 11.8 Å². The van der Waals surface area contributed by atoms with Crippen LogP contribution in [-0.2, 0) is 4.79 Å². The number of aliphatic carboxylic acids is 1. The third-order valence-corrected chi connectivity index (χ3v) is 5.16. The molecule has 3 unspecified atom stereocenters. The van der Waals surface area contributed by atoms with E-state index in [0.717, 1.165) is 19.3 Å². The number of carboxylic acid groups (broad SMARTS) is 1. The number of carbonyl (C=O) groups excluding carboxylic acids is 1. The van der Waals surface area contributed by atoms with E-state index in [4.69, 9.17) is 9.15 Å². The first-order valence-electron chi connectivity index (χ1n) is 8.50. The number of hydrogen-bond acceptors (Lipinski definition) is 4. The maximum Gasteiger partial charge on any atom is 0.326 e. The molecular weight excluding hydrogens is 322 g/mol. The Bertz CT molecular complexity index is 784. The van der Waals surface area contributed by atoms with Crippen LogP contribution in [0.1, 0.15) is 29.8 Å². The van der Waals surface area contributed by atoms with Gasteiger partial charge in [-0.2, -0.15) is 0 Å². The molecule has 0 bridgehead atoms. The fourth-order valence-corrected chi connectivity index (χ4v) is 4.07. The van der Waals surface area contributed by atoms with Crippen molar-refractivity contribution in [1.82, 2.24) is 4.90 Å². The van der Waals surface area contributed by atoms with Gasteiger partial charge < -0.3 is 19.2 Å². The van der Waals surface area contributed by atoms with Gasteiger partial charge in [0.15, 0.2) is 5.76 Å². The zero-order chi connectivity index (χ0) is 17.4. The number of carbonyl (C=O) groups is 2. The van der Waals surface area contributed by atoms with Gasteiger partial charge in [0.05, 0.1) is 0 Å². The van der Waals surface area contributed by atoms with Gasteiger partial charge >= 0.3 is 5.97 Å². The molecule has 3 atom stereocenters. The Hall–Kier alpha value is -2.76. The molecule has 1 amide bonds. The zero-order valence-electron chi connectivity index (χ0n) is 13.6. The Morgan fingerprint density at radius 1 is 1.12 bits per heavy atom. The van der Waals surface area contributed by atoms with Gasteiger partial charge in [-0.3, -0.25) is 4.79 Å². The number of likely N-dealkylation sites (tertiary alicyclic amines) is 1. The molecule has 0 spiro atoms. The lowest BCUT2D eigenvalue weighted by Gasteiger charge is -2.23. The molecule has 2 fully saturated rings. The SMILES string of the molecule is O=C(O)C1C2CCCC2CN1C(=O)c1ccc(Oc2ccccc2)o1. The highest BCUT2D eigenvalue weighted by Gasteiger charge is 2.50. The highest BCUT2D eigenvalue weighted by atomic mass is 16.6. The van der Waals surface area contributed by atoms with Crippen LogP contribution in [0.25, 0.3) is 0 Å². The van der Waals surface area contributed by atoms with Gasteiger partial charge in [0.2, 0.25) is 0 Å². The number of nitrogens with zero attached hydrogens (tertiary/aromatic N) is 1. The van der Waals surface area contributed by atoms with Crippen molar-refractivity contribution in [3.8, 4) is 11.7 Å². The van der Waals surface area contributed by atoms with Gasteiger partial charge in [-0.25, -0.2) is 4.79 Å². The molecule has 6 nitrogen and oxygen atoms in total. The fourth-order valence-electron chi connectivity index (χ4n) is 4.07. The molecule has 1 aromatic carbocycles. The molecule has 1 saturated heterocycles. The van der Waals surface area contributed by atoms with Crippen LogP contribution in [0.4, 0.5) is 0 Å². The maximum atomic E-state index is 12.8. The predicted molar refractivity (Wildman–Crippen MR) is 88.5 cm³/mol. The highest BCUT2D eigenvalue weighted by Crippen LogP contribution is 2.43. The average Bonchev–Trinajstić information content (AvgIpc) is 3.29. The Morgan fingerprint density at radius 2 is 1.92 bits per heavy atom. The van der Waals surface area contributed by atoms with E-state index in [2.05, 4.69) is 0 Å². The summed E-state index contributed by atoms with van der Waals surface area (Å²) >= 11 is 0. The molecule has 1 N–H and O–H groups in total. The molecule has 1 aromatic heterocycles. The smallest absolute Gasteiger partial charge is 0.326 e. The first kappa shape index (κ1) is 15.7. The molecule has 25 heavy (non-hydrogen) atoms. The zero-order valence-corrected chi connectivity index (χ0v) is 13.6. The third-order valence-electron chi connectivity index (χ3n) is 5.16. The fraction of sp³-hybridized carbons (Fsp3) is 0.368. The summed E-state index contributed by atoms with van der Waals surface area (Å²) in [5.41, 5.74) is 0. The molecular formula is C19H19NO5. The summed E-state index contributed by atoms with van der Waals surface area (Å²) in [5, 5.41) is 9.58. The largest absolute Gasteiger partial charge is 0.480 e. The van der Waals surface area contributed by atoms with Gasteiger partial charge in [-0.05, 0) is 42.9 Å². The Balaban J connectivity index is 1.52. The van der Waals surface area contributed by atoms with E-state index in [1.54, 1.807) is 18.2 Å². The lowest BCUT2D eigenvalue weighted by molar-refractivity contribution is -0.142. The van der Waals surface area contributed by atoms with Gasteiger partial charge in [-0.1, -0.05) is 24.6 Å². The van der Waals surface area contributed by atoms with E-state index in [1.165, 1.54) is 11.0 Å². The third kappa shape index (κ3) is 2.88. The molecule has 2 heterocycles. The summed E-state index contributed by atoms with van der Waals surface area (Å²) < 4.78 is 11.1. The average molecular weight is 341 g/mol. The molecule has 1 aliphatic heterocycles. The topological polar surface area (TPSA) is 80.0 Å². The second-order valence-corrected chi connectivity index (χ2v) is 6.63. The number of fused-ring (bicyclic) bond motifs is 1. The number of furan rings is 1. The normalized spacial score (nSPS) is 25.0. The van der Waals surface area contributed by atoms with E-state index in [9.17, 15) is 14.7 Å². The summed E-state index contributed by atoms with van der Waals surface area (Å²) in [6.45, 7) is 0.482. The van der Waals surface area contributed by atoms with Gasteiger partial charge in [-0.15, -0.1) is 0 Å². The molecule has 0 radical (unpaired) electrons. The first-order chi connectivity index (χ1) is 12.1. The van der Waals surface area contributed by atoms with Crippen LogP contribution in [0.2, 0.25) is 0 Å². The minimum atomic E-state index is -0.935. The maximum absolute atomic E-state index is 12.8. The van der Waals surface area contributed by atoms with Crippen LogP contribution in [-0.4, -0.2) is 34.5 Å². The van der Waals surface area contributed by atoms with Crippen LogP contribution in [0.5, 0.6) is 11.7 Å². The van der Waals surface area contributed by atoms with E-state index in [1.807, 2.05) is 18.2 Å². The summed E-state index contributed by atoms with van der Waals surface area (Å²) in [6.07, 6.45) is 2.89. The summed E-state index contributed by atoms with van der Waals surface area (Å²) in [6, 6.07) is 11.5. The Kier molecular flexibility index (Phi) is 3.95. The van der Waals surface area contributed by atoms with Gasteiger partial charge in [0, 0.05) is 12.6 Å². The van der Waals surface area contributed by atoms with Crippen LogP contribution < -0.4 is 4.74 Å². The quantitative estimate of drug-likeness (QED) is 0.922. The summed E-state index contributed by atoms with van der Waals surface area (Å²) in [7, 11) is 0. The first-order valence-corrected chi connectivity index (χ1v) is 8.50. The monoisotopic (exact) mass is 341 g/mol. The minimum absolute atomic E-state index is 0.0523. The van der Waals surface area contributed by atoms with Crippen LogP contribution >= 0.6 is 0 Å². The van der Waals surface area contributed by atoms with Crippen molar-refractivity contribution in [2.24, 2.45) is 11.8 Å². The lowest BCUT2D eigenvalue weighted by atomic mass is 9.94. The molecule has 2 aromatic rings. The van der Waals surface area contributed by atoms with E-state index in [0.29, 0.717) is 12.3 Å². The van der Waals surface area contributed by atoms with Crippen LogP contribution in [0.3, 0.4) is 0 Å². The molecule has 2 aliphatic rings. The standard InChI is InChI=1S/C19H19NO5/c21-18(20-11-12-5-4-8-14(12)17(20)19(22)23)15-9-10-16(25-15)24-13-6-2-1-3-7-13/h1-3,6-7,9-10,12,14,17H,4-5,8,11H2,(H,22,23). The van der Waals surface area contributed by atoms with Gasteiger partial charge in [0.25, 0.3) is 11.9 Å². The second kappa shape index (κ2) is 6.27. The molecule has 4 rings (SSSR count). The number of benzene rings is 1. The minimum Gasteiger partial charge on any atom is -0.480 e. The molecule has 130 valence electrons. The van der Waals surface area contributed by atoms with Crippen molar-refractivity contribution in [1.29, 1.82) is 0 Å². The van der Waals surface area contributed by atoms with E-state index in [-0.39, 0.29) is 29.4 Å². The highest BCUT2D eigenvalue weighted by molar-refractivity contribution is 5.95. The summed E-state index contributed by atoms with van der Waals surface area (Å²) in [4.78, 5) is 25.9. The number of carboxylic acids is 1. The molecule has 6 heteroatoms. The van der Waals surface area contributed by atoms with Crippen molar-refractivity contribution < 1.29 is 23.8 Å². The number of ether oxygens (including phenoxy) is 1. The lowest BCUT2D eigenvalue weighted by Crippen LogP contribution is -2.43. The van der Waals surface area contributed by atoms with Crippen LogP contribution in [0.15, 0.2) is 46.9 Å². The molecule has 1 saturated carbocycles. The van der Waals surface area contributed by atoms with Crippen molar-refractivity contribution in [3.63, 3.8) is 0 Å².